The normalized spacial score (nSPS) is 11.7. The number of amides is 1. The highest BCUT2D eigenvalue weighted by atomic mass is 79.9. The number of halogens is 1. The van der Waals surface area contributed by atoms with Crippen LogP contribution in [0.4, 0.5) is 5.69 Å². The number of benzene rings is 2. The van der Waals surface area contributed by atoms with E-state index in [1.54, 1.807) is 25.1 Å². The lowest BCUT2D eigenvalue weighted by atomic mass is 10.1. The lowest BCUT2D eigenvalue weighted by molar-refractivity contribution is -0.122. The van der Waals surface area contributed by atoms with Gasteiger partial charge in [-0.1, -0.05) is 34.1 Å². The van der Waals surface area contributed by atoms with E-state index in [1.807, 2.05) is 32.0 Å². The molecule has 0 aliphatic heterocycles. The first-order valence-electron chi connectivity index (χ1n) is 7.64. The Morgan fingerprint density at radius 1 is 1.12 bits per heavy atom. The van der Waals surface area contributed by atoms with Gasteiger partial charge in [-0.25, -0.2) is 0 Å². The van der Waals surface area contributed by atoms with Gasteiger partial charge in [-0.3, -0.25) is 9.59 Å². The van der Waals surface area contributed by atoms with Gasteiger partial charge in [-0.15, -0.1) is 0 Å². The Labute approximate surface area is 150 Å². The smallest absolute Gasteiger partial charge is 0.265 e. The van der Waals surface area contributed by atoms with E-state index in [-0.39, 0.29) is 11.7 Å². The van der Waals surface area contributed by atoms with Crippen molar-refractivity contribution in [1.29, 1.82) is 0 Å². The highest BCUT2D eigenvalue weighted by Gasteiger charge is 2.19. The van der Waals surface area contributed by atoms with Crippen molar-refractivity contribution in [3.63, 3.8) is 0 Å². The molecule has 1 amide bonds. The number of hydrogen-bond donors (Lipinski definition) is 1. The number of carbonyl (C=O) groups is 2. The highest BCUT2D eigenvalue weighted by Crippen LogP contribution is 2.25. The van der Waals surface area contributed by atoms with Gasteiger partial charge >= 0.3 is 0 Å². The monoisotopic (exact) mass is 389 g/mol. The van der Waals surface area contributed by atoms with Gasteiger partial charge in [0.1, 0.15) is 5.75 Å². The Morgan fingerprint density at radius 2 is 1.75 bits per heavy atom. The predicted molar refractivity (Wildman–Crippen MR) is 98.8 cm³/mol. The molecule has 1 atom stereocenters. The van der Waals surface area contributed by atoms with Crippen LogP contribution in [-0.2, 0) is 4.79 Å². The molecule has 2 aromatic rings. The topological polar surface area (TPSA) is 55.4 Å². The Hall–Kier alpha value is -2.14. The summed E-state index contributed by atoms with van der Waals surface area (Å²) < 4.78 is 6.51. The summed E-state index contributed by atoms with van der Waals surface area (Å²) in [5.41, 5.74) is 3.21. The molecule has 0 radical (unpaired) electrons. The van der Waals surface area contributed by atoms with Crippen LogP contribution in [0.5, 0.6) is 5.75 Å². The van der Waals surface area contributed by atoms with Gasteiger partial charge in [0, 0.05) is 10.2 Å². The van der Waals surface area contributed by atoms with Gasteiger partial charge in [-0.2, -0.15) is 0 Å². The molecule has 0 aromatic heterocycles. The molecule has 4 nitrogen and oxygen atoms in total. The summed E-state index contributed by atoms with van der Waals surface area (Å²) in [6.07, 6.45) is -0.733. The number of anilines is 1. The number of hydrogen-bond acceptors (Lipinski definition) is 3. The quantitative estimate of drug-likeness (QED) is 0.755. The fourth-order valence-electron chi connectivity index (χ4n) is 2.36. The minimum atomic E-state index is -0.733. The van der Waals surface area contributed by atoms with Gasteiger partial charge in [0.25, 0.3) is 5.91 Å². The fourth-order valence-corrected chi connectivity index (χ4v) is 2.72. The average Bonchev–Trinajstić information content (AvgIpc) is 2.52. The molecule has 126 valence electrons. The maximum absolute atomic E-state index is 12.4. The average molecular weight is 390 g/mol. The zero-order valence-corrected chi connectivity index (χ0v) is 15.7. The fraction of sp³-hybridized carbons (Fsp3) is 0.263. The van der Waals surface area contributed by atoms with Crippen LogP contribution in [0, 0.1) is 13.8 Å². The molecule has 0 aliphatic rings. The summed E-state index contributed by atoms with van der Waals surface area (Å²) in [6.45, 7) is 7.01. The first-order valence-corrected chi connectivity index (χ1v) is 8.43. The standard InChI is InChI=1S/C19H20BrNO3/c1-11-6-5-7-12(2)18(11)21-19(23)14(4)24-17-9-8-15(20)10-16(17)13(3)22/h5-10,14H,1-4H3,(H,21,23)/t14-/m1/s1. The van der Waals surface area contributed by atoms with E-state index < -0.39 is 6.10 Å². The molecule has 24 heavy (non-hydrogen) atoms. The summed E-state index contributed by atoms with van der Waals surface area (Å²) >= 11 is 3.33. The molecular weight excluding hydrogens is 370 g/mol. The molecule has 0 heterocycles. The van der Waals surface area contributed by atoms with E-state index in [0.29, 0.717) is 11.3 Å². The van der Waals surface area contributed by atoms with Crippen molar-refractivity contribution in [3.05, 3.63) is 57.6 Å². The van der Waals surface area contributed by atoms with E-state index in [0.717, 1.165) is 21.3 Å². The number of ketones is 1. The summed E-state index contributed by atoms with van der Waals surface area (Å²) in [7, 11) is 0. The predicted octanol–water partition coefficient (Wildman–Crippen LogP) is 4.67. The maximum atomic E-state index is 12.4. The number of Topliss-reactive ketones (excluding diaryl/α,β-unsaturated/α-hetero) is 1. The lowest BCUT2D eigenvalue weighted by Crippen LogP contribution is -2.31. The molecule has 0 spiro atoms. The van der Waals surface area contributed by atoms with Crippen LogP contribution in [0.15, 0.2) is 40.9 Å². The number of para-hydroxylation sites is 1. The second-order valence-electron chi connectivity index (χ2n) is 5.71. The van der Waals surface area contributed by atoms with Crippen molar-refractivity contribution in [3.8, 4) is 5.75 Å². The zero-order chi connectivity index (χ0) is 17.9. The zero-order valence-electron chi connectivity index (χ0n) is 14.1. The van der Waals surface area contributed by atoms with Crippen LogP contribution in [0.25, 0.3) is 0 Å². The van der Waals surface area contributed by atoms with Crippen molar-refractivity contribution >= 4 is 33.3 Å². The van der Waals surface area contributed by atoms with Crippen molar-refractivity contribution in [2.24, 2.45) is 0 Å². The molecule has 0 bridgehead atoms. The van der Waals surface area contributed by atoms with E-state index in [1.165, 1.54) is 6.92 Å². The van der Waals surface area contributed by atoms with Gasteiger partial charge in [0.15, 0.2) is 11.9 Å². The molecular formula is C19H20BrNO3. The van der Waals surface area contributed by atoms with Crippen LogP contribution in [0.2, 0.25) is 0 Å². The largest absolute Gasteiger partial charge is 0.480 e. The maximum Gasteiger partial charge on any atom is 0.265 e. The van der Waals surface area contributed by atoms with E-state index >= 15 is 0 Å². The van der Waals surface area contributed by atoms with Gasteiger partial charge in [0.2, 0.25) is 0 Å². The third-order valence-electron chi connectivity index (χ3n) is 3.72. The first kappa shape index (κ1) is 18.2. The van der Waals surface area contributed by atoms with Crippen LogP contribution in [0.1, 0.15) is 35.3 Å². The van der Waals surface area contributed by atoms with E-state index in [4.69, 9.17) is 4.74 Å². The van der Waals surface area contributed by atoms with Gasteiger partial charge in [0.05, 0.1) is 5.56 Å². The van der Waals surface area contributed by atoms with E-state index in [2.05, 4.69) is 21.2 Å². The minimum Gasteiger partial charge on any atom is -0.480 e. The number of aryl methyl sites for hydroxylation is 2. The van der Waals surface area contributed by atoms with Gasteiger partial charge < -0.3 is 10.1 Å². The molecule has 0 aliphatic carbocycles. The van der Waals surface area contributed by atoms with E-state index in [9.17, 15) is 9.59 Å². The molecule has 2 aromatic carbocycles. The Kier molecular flexibility index (Phi) is 5.78. The second-order valence-corrected chi connectivity index (χ2v) is 6.63. The van der Waals surface area contributed by atoms with Crippen molar-refractivity contribution in [2.75, 3.05) is 5.32 Å². The highest BCUT2D eigenvalue weighted by molar-refractivity contribution is 9.10. The third-order valence-corrected chi connectivity index (χ3v) is 4.22. The Balaban J connectivity index is 2.17. The Bertz CT molecular complexity index is 766. The molecule has 0 unspecified atom stereocenters. The summed E-state index contributed by atoms with van der Waals surface area (Å²) in [5, 5.41) is 2.90. The van der Waals surface area contributed by atoms with Gasteiger partial charge in [-0.05, 0) is 57.0 Å². The summed E-state index contributed by atoms with van der Waals surface area (Å²) in [6, 6.07) is 11.0. The molecule has 0 fully saturated rings. The number of carbonyl (C=O) groups excluding carboxylic acids is 2. The molecule has 5 heteroatoms. The number of ether oxygens (including phenoxy) is 1. The molecule has 0 saturated heterocycles. The SMILES string of the molecule is CC(=O)c1cc(Br)ccc1O[C@H](C)C(=O)Nc1c(C)cccc1C. The number of rotatable bonds is 5. The second kappa shape index (κ2) is 7.62. The first-order chi connectivity index (χ1) is 11.3. The van der Waals surface area contributed by atoms with Crippen LogP contribution >= 0.6 is 15.9 Å². The van der Waals surface area contributed by atoms with Crippen molar-refractivity contribution in [1.82, 2.24) is 0 Å². The van der Waals surface area contributed by atoms with Crippen LogP contribution in [-0.4, -0.2) is 17.8 Å². The molecule has 2 rings (SSSR count). The van der Waals surface area contributed by atoms with Crippen molar-refractivity contribution < 1.29 is 14.3 Å². The molecule has 1 N–H and O–H groups in total. The van der Waals surface area contributed by atoms with Crippen molar-refractivity contribution in [2.45, 2.75) is 33.8 Å². The summed E-state index contributed by atoms with van der Waals surface area (Å²) in [5.74, 6) is 0.0216. The molecule has 0 saturated carbocycles. The third kappa shape index (κ3) is 4.23. The van der Waals surface area contributed by atoms with Crippen LogP contribution in [0.3, 0.4) is 0 Å². The lowest BCUT2D eigenvalue weighted by Gasteiger charge is -2.18. The Morgan fingerprint density at radius 3 is 2.33 bits per heavy atom. The minimum absolute atomic E-state index is 0.117. The summed E-state index contributed by atoms with van der Waals surface area (Å²) in [4.78, 5) is 24.2. The number of nitrogens with one attached hydrogen (secondary N) is 1. The van der Waals surface area contributed by atoms with Crippen LogP contribution < -0.4 is 10.1 Å².